The highest BCUT2D eigenvalue weighted by Crippen LogP contribution is 2.26. The highest BCUT2D eigenvalue weighted by atomic mass is 35.5. The predicted octanol–water partition coefficient (Wildman–Crippen LogP) is 3.83. The Morgan fingerprint density at radius 3 is 2.44 bits per heavy atom. The van der Waals surface area contributed by atoms with E-state index in [0.717, 1.165) is 16.1 Å². The van der Waals surface area contributed by atoms with Gasteiger partial charge in [-0.1, -0.05) is 36.7 Å². The monoisotopic (exact) mass is 380 g/mol. The number of carbonyl (C=O) groups is 1. The van der Waals surface area contributed by atoms with Crippen molar-refractivity contribution in [3.63, 3.8) is 0 Å². The molecule has 2 aromatic rings. The maximum atomic E-state index is 12.8. The molecule has 0 heterocycles. The first-order chi connectivity index (χ1) is 11.7. The predicted molar refractivity (Wildman–Crippen MR) is 103 cm³/mol. The number of carbonyl (C=O) groups excluding carboxylic acids is 1. The highest BCUT2D eigenvalue weighted by molar-refractivity contribution is 7.92. The Hall–Kier alpha value is -2.05. The molecule has 0 unspecified atom stereocenters. The van der Waals surface area contributed by atoms with Gasteiger partial charge in [0.2, 0.25) is 15.9 Å². The molecular formula is C18H21ClN2O3S. The lowest BCUT2D eigenvalue weighted by Gasteiger charge is -2.30. The summed E-state index contributed by atoms with van der Waals surface area (Å²) in [4.78, 5) is 12.8. The van der Waals surface area contributed by atoms with E-state index in [0.29, 0.717) is 22.8 Å². The minimum Gasteiger partial charge on any atom is -0.324 e. The minimum atomic E-state index is -3.68. The number of hydrogen-bond donors (Lipinski definition) is 1. The van der Waals surface area contributed by atoms with Gasteiger partial charge in [-0.15, -0.1) is 0 Å². The SMILES string of the molecule is CC[C@H](C(=O)Nc1cccc(C)c1)N(c1cccc(Cl)c1)S(C)(=O)=O. The number of nitrogens with zero attached hydrogens (tertiary/aromatic N) is 1. The Labute approximate surface area is 153 Å². The van der Waals surface area contributed by atoms with Crippen molar-refractivity contribution < 1.29 is 13.2 Å². The van der Waals surface area contributed by atoms with E-state index >= 15 is 0 Å². The molecule has 2 rings (SSSR count). The Bertz CT molecular complexity index is 868. The zero-order valence-electron chi connectivity index (χ0n) is 14.4. The van der Waals surface area contributed by atoms with Crippen LogP contribution in [0.3, 0.4) is 0 Å². The van der Waals surface area contributed by atoms with Gasteiger partial charge < -0.3 is 5.32 Å². The Morgan fingerprint density at radius 1 is 1.20 bits per heavy atom. The summed E-state index contributed by atoms with van der Waals surface area (Å²) in [6.45, 7) is 3.69. The fourth-order valence-corrected chi connectivity index (χ4v) is 4.01. The van der Waals surface area contributed by atoms with Gasteiger partial charge >= 0.3 is 0 Å². The average Bonchev–Trinajstić information content (AvgIpc) is 2.51. The first kappa shape index (κ1) is 19.3. The van der Waals surface area contributed by atoms with Crippen LogP contribution in [-0.4, -0.2) is 26.6 Å². The third-order valence-electron chi connectivity index (χ3n) is 3.68. The molecule has 0 aromatic heterocycles. The summed E-state index contributed by atoms with van der Waals surface area (Å²) in [6, 6.07) is 12.9. The van der Waals surface area contributed by atoms with Crippen LogP contribution in [0.2, 0.25) is 5.02 Å². The Balaban J connectivity index is 2.38. The van der Waals surface area contributed by atoms with Gasteiger partial charge in [0.15, 0.2) is 0 Å². The molecule has 7 heteroatoms. The Kier molecular flexibility index (Phi) is 6.08. The largest absolute Gasteiger partial charge is 0.324 e. The summed E-state index contributed by atoms with van der Waals surface area (Å²) in [5, 5.41) is 3.20. The summed E-state index contributed by atoms with van der Waals surface area (Å²) < 4.78 is 25.8. The standard InChI is InChI=1S/C18H21ClN2O3S/c1-4-17(18(22)20-15-9-5-7-13(2)11-15)21(25(3,23)24)16-10-6-8-14(19)12-16/h5-12,17H,4H2,1-3H3,(H,20,22)/t17-/m1/s1. The van der Waals surface area contributed by atoms with E-state index in [-0.39, 0.29) is 0 Å². The lowest BCUT2D eigenvalue weighted by atomic mass is 10.1. The van der Waals surface area contributed by atoms with Crippen molar-refractivity contribution in [2.75, 3.05) is 15.9 Å². The summed E-state index contributed by atoms with van der Waals surface area (Å²) in [7, 11) is -3.68. The third-order valence-corrected chi connectivity index (χ3v) is 5.09. The molecule has 0 spiro atoms. The van der Waals surface area contributed by atoms with E-state index < -0.39 is 22.0 Å². The van der Waals surface area contributed by atoms with Gasteiger partial charge in [0.25, 0.3) is 0 Å². The van der Waals surface area contributed by atoms with Gasteiger partial charge in [-0.05, 0) is 49.2 Å². The van der Waals surface area contributed by atoms with Crippen LogP contribution in [0.5, 0.6) is 0 Å². The van der Waals surface area contributed by atoms with Crippen molar-refractivity contribution in [1.82, 2.24) is 0 Å². The number of hydrogen-bond acceptors (Lipinski definition) is 3. The van der Waals surface area contributed by atoms with Gasteiger partial charge in [0, 0.05) is 10.7 Å². The molecule has 5 nitrogen and oxygen atoms in total. The van der Waals surface area contributed by atoms with Crippen LogP contribution in [-0.2, 0) is 14.8 Å². The molecule has 0 bridgehead atoms. The van der Waals surface area contributed by atoms with Gasteiger partial charge in [0.1, 0.15) is 6.04 Å². The molecule has 0 saturated heterocycles. The molecule has 1 amide bonds. The van der Waals surface area contributed by atoms with Crippen LogP contribution < -0.4 is 9.62 Å². The normalized spacial score (nSPS) is 12.5. The second-order valence-electron chi connectivity index (χ2n) is 5.82. The van der Waals surface area contributed by atoms with Gasteiger partial charge in [-0.3, -0.25) is 9.10 Å². The second-order valence-corrected chi connectivity index (χ2v) is 8.12. The number of rotatable bonds is 6. The van der Waals surface area contributed by atoms with Crippen molar-refractivity contribution in [2.24, 2.45) is 0 Å². The molecule has 25 heavy (non-hydrogen) atoms. The fraction of sp³-hybridized carbons (Fsp3) is 0.278. The molecule has 0 aliphatic carbocycles. The first-order valence-electron chi connectivity index (χ1n) is 7.85. The van der Waals surface area contributed by atoms with Crippen LogP contribution in [0.1, 0.15) is 18.9 Å². The van der Waals surface area contributed by atoms with E-state index in [4.69, 9.17) is 11.6 Å². The number of nitrogens with one attached hydrogen (secondary N) is 1. The molecule has 1 N–H and O–H groups in total. The number of anilines is 2. The lowest BCUT2D eigenvalue weighted by Crippen LogP contribution is -2.47. The van der Waals surface area contributed by atoms with Crippen molar-refractivity contribution in [2.45, 2.75) is 26.3 Å². The van der Waals surface area contributed by atoms with Gasteiger partial charge in [-0.25, -0.2) is 8.42 Å². The van der Waals surface area contributed by atoms with Gasteiger partial charge in [0.05, 0.1) is 11.9 Å². The molecule has 0 aliphatic rings. The van der Waals surface area contributed by atoms with E-state index in [9.17, 15) is 13.2 Å². The topological polar surface area (TPSA) is 66.5 Å². The molecule has 2 aromatic carbocycles. The minimum absolute atomic E-state index is 0.317. The smallest absolute Gasteiger partial charge is 0.248 e. The zero-order chi connectivity index (χ0) is 18.6. The maximum Gasteiger partial charge on any atom is 0.248 e. The van der Waals surface area contributed by atoms with Crippen LogP contribution >= 0.6 is 11.6 Å². The molecule has 0 radical (unpaired) electrons. The van der Waals surface area contributed by atoms with E-state index in [1.807, 2.05) is 25.1 Å². The van der Waals surface area contributed by atoms with Crippen LogP contribution in [0.4, 0.5) is 11.4 Å². The summed E-state index contributed by atoms with van der Waals surface area (Å²) in [6.07, 6.45) is 1.40. The third kappa shape index (κ3) is 4.96. The molecule has 1 atom stereocenters. The lowest BCUT2D eigenvalue weighted by molar-refractivity contribution is -0.117. The molecule has 0 aliphatic heterocycles. The van der Waals surface area contributed by atoms with Crippen LogP contribution in [0.15, 0.2) is 48.5 Å². The summed E-state index contributed by atoms with van der Waals surface area (Å²) in [5.41, 5.74) is 1.99. The average molecular weight is 381 g/mol. The van der Waals surface area contributed by atoms with E-state index in [1.165, 1.54) is 6.07 Å². The maximum absolute atomic E-state index is 12.8. The number of sulfonamides is 1. The summed E-state index contributed by atoms with van der Waals surface area (Å²) >= 11 is 5.99. The zero-order valence-corrected chi connectivity index (χ0v) is 15.9. The number of halogens is 1. The Morgan fingerprint density at radius 2 is 1.88 bits per heavy atom. The van der Waals surface area contributed by atoms with E-state index in [2.05, 4.69) is 5.32 Å². The van der Waals surface area contributed by atoms with Crippen molar-refractivity contribution >= 4 is 38.9 Å². The number of amides is 1. The number of aryl methyl sites for hydroxylation is 1. The summed E-state index contributed by atoms with van der Waals surface area (Å²) in [5.74, 6) is -0.390. The molecule has 0 fully saturated rings. The molecule has 0 saturated carbocycles. The van der Waals surface area contributed by atoms with Crippen molar-refractivity contribution in [3.05, 3.63) is 59.1 Å². The molecule has 134 valence electrons. The van der Waals surface area contributed by atoms with E-state index in [1.54, 1.807) is 31.2 Å². The quantitative estimate of drug-likeness (QED) is 0.828. The van der Waals surface area contributed by atoms with Gasteiger partial charge in [-0.2, -0.15) is 0 Å². The van der Waals surface area contributed by atoms with Crippen molar-refractivity contribution in [3.8, 4) is 0 Å². The van der Waals surface area contributed by atoms with Crippen LogP contribution in [0, 0.1) is 6.92 Å². The fourth-order valence-electron chi connectivity index (χ4n) is 2.62. The second kappa shape index (κ2) is 7.89. The number of benzene rings is 2. The highest BCUT2D eigenvalue weighted by Gasteiger charge is 2.31. The van der Waals surface area contributed by atoms with Crippen molar-refractivity contribution in [1.29, 1.82) is 0 Å². The first-order valence-corrected chi connectivity index (χ1v) is 10.1. The molecular weight excluding hydrogens is 360 g/mol. The van der Waals surface area contributed by atoms with Crippen LogP contribution in [0.25, 0.3) is 0 Å².